The molecule has 4 rings (SSSR count). The van der Waals surface area contributed by atoms with Crippen molar-refractivity contribution in [3.05, 3.63) is 11.6 Å². The quantitative estimate of drug-likeness (QED) is 0.331. The molecule has 0 aromatic carbocycles. The number of carbonyl (C=O) groups is 3. The van der Waals surface area contributed by atoms with E-state index in [0.29, 0.717) is 12.8 Å². The van der Waals surface area contributed by atoms with E-state index < -0.39 is 28.2 Å². The summed E-state index contributed by atoms with van der Waals surface area (Å²) >= 11 is 0. The van der Waals surface area contributed by atoms with Gasteiger partial charge in [-0.15, -0.1) is 0 Å². The van der Waals surface area contributed by atoms with E-state index in [1.165, 1.54) is 5.57 Å². The molecule has 0 amide bonds. The van der Waals surface area contributed by atoms with E-state index >= 15 is 0 Å². The van der Waals surface area contributed by atoms with Crippen LogP contribution in [0.1, 0.15) is 106 Å². The zero-order valence-corrected chi connectivity index (χ0v) is 22.9. The van der Waals surface area contributed by atoms with E-state index in [2.05, 4.69) is 40.7 Å². The highest BCUT2D eigenvalue weighted by Crippen LogP contribution is 2.74. The number of aldehydes is 1. The number of aliphatic carboxylic acids is 2. The van der Waals surface area contributed by atoms with Crippen molar-refractivity contribution in [3.63, 3.8) is 0 Å². The molecule has 196 valence electrons. The molecule has 1 unspecified atom stereocenters. The number of carboxylic acid groups (broad SMARTS) is 2. The Balaban J connectivity index is 1.84. The number of fused-ring (bicyclic) bond motifs is 5. The lowest BCUT2D eigenvalue weighted by molar-refractivity contribution is -0.186. The Morgan fingerprint density at radius 1 is 1.03 bits per heavy atom. The first kappa shape index (κ1) is 26.4. The third-order valence-corrected chi connectivity index (χ3v) is 12.3. The molecular formula is C30H46O5. The van der Waals surface area contributed by atoms with Gasteiger partial charge in [0.05, 0.1) is 10.8 Å². The van der Waals surface area contributed by atoms with Gasteiger partial charge in [0.25, 0.3) is 0 Å². The van der Waals surface area contributed by atoms with Gasteiger partial charge >= 0.3 is 11.9 Å². The van der Waals surface area contributed by atoms with Crippen LogP contribution in [0.25, 0.3) is 0 Å². The molecule has 2 N–H and O–H groups in total. The number of hydrogen-bond donors (Lipinski definition) is 2. The van der Waals surface area contributed by atoms with Crippen molar-refractivity contribution in [2.75, 3.05) is 0 Å². The molecule has 0 aromatic rings. The molecule has 3 fully saturated rings. The van der Waals surface area contributed by atoms with Crippen molar-refractivity contribution in [3.8, 4) is 0 Å². The SMILES string of the molecule is CC1(C)CC[C@]2(C(=O)O)CC[C@]3(C)C(=CCC4[C@@](C)(CC=O)[C@H](C(C)(C)C(=O)O)CC[C@]43C)[C@@H]2C1. The maximum Gasteiger partial charge on any atom is 0.310 e. The van der Waals surface area contributed by atoms with E-state index in [1.807, 2.05) is 13.8 Å². The Labute approximate surface area is 211 Å². The predicted octanol–water partition coefficient (Wildman–Crippen LogP) is 6.75. The average molecular weight is 487 g/mol. The molecular weight excluding hydrogens is 440 g/mol. The van der Waals surface area contributed by atoms with E-state index in [0.717, 1.165) is 51.2 Å². The Hall–Kier alpha value is -1.65. The second-order valence-electron chi connectivity index (χ2n) is 14.6. The van der Waals surface area contributed by atoms with E-state index in [9.17, 15) is 24.6 Å². The van der Waals surface area contributed by atoms with Gasteiger partial charge in [-0.05, 0) is 105 Å². The van der Waals surface area contributed by atoms with Crippen molar-refractivity contribution in [1.29, 1.82) is 0 Å². The van der Waals surface area contributed by atoms with Crippen LogP contribution in [0.2, 0.25) is 0 Å². The van der Waals surface area contributed by atoms with E-state index in [-0.39, 0.29) is 34.0 Å². The maximum atomic E-state index is 12.7. The molecule has 0 spiro atoms. The third-order valence-electron chi connectivity index (χ3n) is 12.3. The molecule has 35 heavy (non-hydrogen) atoms. The molecule has 0 bridgehead atoms. The number of carbonyl (C=O) groups excluding carboxylic acids is 1. The fraction of sp³-hybridized carbons (Fsp3) is 0.833. The highest BCUT2D eigenvalue weighted by molar-refractivity contribution is 5.77. The van der Waals surface area contributed by atoms with Gasteiger partial charge in [-0.25, -0.2) is 0 Å². The molecule has 4 aliphatic carbocycles. The van der Waals surface area contributed by atoms with Gasteiger partial charge in [0.15, 0.2) is 0 Å². The van der Waals surface area contributed by atoms with Crippen LogP contribution in [0.5, 0.6) is 0 Å². The van der Waals surface area contributed by atoms with Crippen molar-refractivity contribution < 1.29 is 24.6 Å². The highest BCUT2D eigenvalue weighted by atomic mass is 16.4. The largest absolute Gasteiger partial charge is 0.481 e. The lowest BCUT2D eigenvalue weighted by Crippen LogP contribution is -2.63. The first-order chi connectivity index (χ1) is 16.0. The average Bonchev–Trinajstić information content (AvgIpc) is 2.73. The molecule has 4 aliphatic rings. The number of allylic oxidation sites excluding steroid dienone is 2. The summed E-state index contributed by atoms with van der Waals surface area (Å²) < 4.78 is 0. The fourth-order valence-electron chi connectivity index (χ4n) is 9.79. The van der Waals surface area contributed by atoms with Gasteiger partial charge in [-0.3, -0.25) is 9.59 Å². The summed E-state index contributed by atoms with van der Waals surface area (Å²) in [6.45, 7) is 15.1. The molecule has 5 nitrogen and oxygen atoms in total. The first-order valence-electron chi connectivity index (χ1n) is 13.6. The lowest BCUT2D eigenvalue weighted by Gasteiger charge is -2.69. The molecule has 0 aromatic heterocycles. The van der Waals surface area contributed by atoms with Crippen molar-refractivity contribution >= 4 is 18.2 Å². The molecule has 0 aliphatic heterocycles. The van der Waals surface area contributed by atoms with Gasteiger partial charge in [0, 0.05) is 6.42 Å². The number of rotatable bonds is 5. The second-order valence-corrected chi connectivity index (χ2v) is 14.6. The maximum absolute atomic E-state index is 12.7. The summed E-state index contributed by atoms with van der Waals surface area (Å²) in [5.41, 5.74) is -0.783. The molecule has 7 atom stereocenters. The molecule has 0 saturated heterocycles. The van der Waals surface area contributed by atoms with E-state index in [4.69, 9.17) is 0 Å². The summed E-state index contributed by atoms with van der Waals surface area (Å²) in [5.74, 6) is -1.29. The first-order valence-corrected chi connectivity index (χ1v) is 13.6. The van der Waals surface area contributed by atoms with Crippen LogP contribution in [-0.2, 0) is 14.4 Å². The Morgan fingerprint density at radius 3 is 2.23 bits per heavy atom. The minimum atomic E-state index is -0.914. The molecule has 0 heterocycles. The lowest BCUT2D eigenvalue weighted by atomic mass is 9.34. The van der Waals surface area contributed by atoms with Crippen molar-refractivity contribution in [1.82, 2.24) is 0 Å². The number of hydrogen-bond acceptors (Lipinski definition) is 3. The molecule has 5 heteroatoms. The van der Waals surface area contributed by atoms with Crippen LogP contribution in [0.15, 0.2) is 11.6 Å². The number of carboxylic acids is 2. The Kier molecular flexibility index (Phi) is 5.98. The summed E-state index contributed by atoms with van der Waals surface area (Å²) in [4.78, 5) is 37.1. The Morgan fingerprint density at radius 2 is 1.66 bits per heavy atom. The van der Waals surface area contributed by atoms with E-state index in [1.54, 1.807) is 0 Å². The third kappa shape index (κ3) is 3.42. The van der Waals surface area contributed by atoms with Crippen LogP contribution in [0.3, 0.4) is 0 Å². The monoisotopic (exact) mass is 486 g/mol. The van der Waals surface area contributed by atoms with Gasteiger partial charge in [-0.1, -0.05) is 46.3 Å². The van der Waals surface area contributed by atoms with Crippen LogP contribution >= 0.6 is 0 Å². The van der Waals surface area contributed by atoms with Crippen LogP contribution in [-0.4, -0.2) is 28.4 Å². The minimum Gasteiger partial charge on any atom is -0.481 e. The van der Waals surface area contributed by atoms with Crippen molar-refractivity contribution in [2.24, 2.45) is 50.2 Å². The van der Waals surface area contributed by atoms with Crippen molar-refractivity contribution in [2.45, 2.75) is 106 Å². The summed E-state index contributed by atoms with van der Waals surface area (Å²) in [6, 6.07) is 0. The van der Waals surface area contributed by atoms with Crippen LogP contribution < -0.4 is 0 Å². The second kappa shape index (κ2) is 7.92. The van der Waals surface area contributed by atoms with Crippen LogP contribution in [0, 0.1) is 50.2 Å². The molecule has 0 radical (unpaired) electrons. The summed E-state index contributed by atoms with van der Waals surface area (Å²) in [5, 5.41) is 20.6. The topological polar surface area (TPSA) is 91.7 Å². The Bertz CT molecular complexity index is 962. The predicted molar refractivity (Wildman–Crippen MR) is 136 cm³/mol. The standard InChI is InChI=1S/C30H46O5/c1-25(2)12-14-30(24(34)35)15-13-28(6)19(20(30)18-25)8-9-22-27(5,16-17-31)21(10-11-29(22,28)7)26(3,4)23(32)33/h8,17,20-22H,9-16,18H2,1-7H3,(H,32,33)(H,34,35)/t20-,21-,22?,27-,28+,29+,30-/m0/s1. The van der Waals surface area contributed by atoms with Gasteiger partial charge < -0.3 is 15.0 Å². The molecule has 3 saturated carbocycles. The van der Waals surface area contributed by atoms with Gasteiger partial charge in [0.2, 0.25) is 0 Å². The fourth-order valence-corrected chi connectivity index (χ4v) is 9.79. The smallest absolute Gasteiger partial charge is 0.310 e. The van der Waals surface area contributed by atoms with Gasteiger partial charge in [-0.2, -0.15) is 0 Å². The normalized spacial score (nSPS) is 44.8. The zero-order chi connectivity index (χ0) is 26.2. The highest BCUT2D eigenvalue weighted by Gasteiger charge is 2.68. The van der Waals surface area contributed by atoms with Crippen LogP contribution in [0.4, 0.5) is 0 Å². The van der Waals surface area contributed by atoms with Gasteiger partial charge in [0.1, 0.15) is 6.29 Å². The minimum absolute atomic E-state index is 0.0470. The zero-order valence-electron chi connectivity index (χ0n) is 22.9. The summed E-state index contributed by atoms with van der Waals surface area (Å²) in [7, 11) is 0. The summed E-state index contributed by atoms with van der Waals surface area (Å²) in [6.07, 6.45) is 10.3.